The number of ether oxygens (including phenoxy) is 2. The van der Waals surface area contributed by atoms with Gasteiger partial charge in [0, 0.05) is 31.9 Å². The van der Waals surface area contributed by atoms with E-state index in [1.165, 1.54) is 5.69 Å². The molecule has 1 fully saturated rings. The second-order valence-electron chi connectivity index (χ2n) is 6.82. The Hall–Kier alpha value is -2.73. The van der Waals surface area contributed by atoms with Crippen LogP contribution in [0.2, 0.25) is 0 Å². The zero-order valence-electron chi connectivity index (χ0n) is 16.9. The Morgan fingerprint density at radius 1 is 1.07 bits per heavy atom. The summed E-state index contributed by atoms with van der Waals surface area (Å²) in [5.41, 5.74) is 1.90. The fourth-order valence-corrected chi connectivity index (χ4v) is 3.41. The minimum atomic E-state index is -0.201. The van der Waals surface area contributed by atoms with Gasteiger partial charge in [-0.05, 0) is 50.2 Å². The smallest absolute Gasteiger partial charge is 0.241 e. The number of piperazine rings is 1. The number of para-hydroxylation sites is 2. The molecule has 2 aromatic carbocycles. The highest BCUT2D eigenvalue weighted by Gasteiger charge is 2.26. The van der Waals surface area contributed by atoms with Crippen molar-refractivity contribution in [2.45, 2.75) is 19.9 Å². The number of methoxy groups -OCH3 is 1. The van der Waals surface area contributed by atoms with Crippen molar-refractivity contribution in [1.82, 2.24) is 4.90 Å². The van der Waals surface area contributed by atoms with Gasteiger partial charge in [0.25, 0.3) is 0 Å². The van der Waals surface area contributed by atoms with Crippen molar-refractivity contribution >= 4 is 17.3 Å². The van der Waals surface area contributed by atoms with Gasteiger partial charge in [0.05, 0.1) is 25.4 Å². The van der Waals surface area contributed by atoms with Crippen LogP contribution in [-0.2, 0) is 4.79 Å². The van der Waals surface area contributed by atoms with Gasteiger partial charge < -0.3 is 19.7 Å². The van der Waals surface area contributed by atoms with E-state index in [1.807, 2.05) is 50.2 Å². The number of nitrogens with zero attached hydrogens (tertiary/aromatic N) is 2. The lowest BCUT2D eigenvalue weighted by atomic mass is 10.2. The van der Waals surface area contributed by atoms with Gasteiger partial charge in [0.1, 0.15) is 11.5 Å². The molecule has 1 N–H and O–H groups in total. The molecule has 150 valence electrons. The molecule has 0 spiro atoms. The van der Waals surface area contributed by atoms with E-state index in [1.54, 1.807) is 7.11 Å². The van der Waals surface area contributed by atoms with Crippen molar-refractivity contribution in [3.63, 3.8) is 0 Å². The molecule has 0 radical (unpaired) electrons. The maximum Gasteiger partial charge on any atom is 0.241 e. The third kappa shape index (κ3) is 4.75. The Morgan fingerprint density at radius 2 is 1.75 bits per heavy atom. The SMILES string of the molecule is CCOc1ccccc1NC(=O)[C@H](C)N1CCN(c2ccc(OC)cc2)CC1. The van der Waals surface area contributed by atoms with Gasteiger partial charge in [0.15, 0.2) is 0 Å². The van der Waals surface area contributed by atoms with Crippen molar-refractivity contribution in [1.29, 1.82) is 0 Å². The molecule has 0 aromatic heterocycles. The largest absolute Gasteiger partial charge is 0.497 e. The molecule has 1 aliphatic rings. The predicted molar refractivity (Wildman–Crippen MR) is 112 cm³/mol. The van der Waals surface area contributed by atoms with Crippen LogP contribution < -0.4 is 19.7 Å². The van der Waals surface area contributed by atoms with Gasteiger partial charge in [-0.1, -0.05) is 12.1 Å². The van der Waals surface area contributed by atoms with Crippen LogP contribution in [0.3, 0.4) is 0 Å². The third-order valence-corrected chi connectivity index (χ3v) is 5.12. The highest BCUT2D eigenvalue weighted by Crippen LogP contribution is 2.25. The summed E-state index contributed by atoms with van der Waals surface area (Å²) < 4.78 is 10.8. The summed E-state index contributed by atoms with van der Waals surface area (Å²) in [5, 5.41) is 3.01. The van der Waals surface area contributed by atoms with Crippen molar-refractivity contribution in [2.75, 3.05) is 50.1 Å². The van der Waals surface area contributed by atoms with E-state index in [2.05, 4.69) is 27.2 Å². The molecule has 0 saturated carbocycles. The standard InChI is InChI=1S/C22H29N3O3/c1-4-28-21-8-6-5-7-20(21)23-22(26)17(2)24-13-15-25(16-14-24)18-9-11-19(27-3)12-10-18/h5-12,17H,4,13-16H2,1-3H3,(H,23,26)/t17-/m0/s1. The number of hydrogen-bond donors (Lipinski definition) is 1. The Balaban J connectivity index is 1.55. The van der Waals surface area contributed by atoms with Crippen molar-refractivity contribution in [2.24, 2.45) is 0 Å². The monoisotopic (exact) mass is 383 g/mol. The van der Waals surface area contributed by atoms with Crippen LogP contribution in [0.5, 0.6) is 11.5 Å². The fourth-order valence-electron chi connectivity index (χ4n) is 3.41. The normalized spacial score (nSPS) is 15.8. The molecule has 1 amide bonds. The lowest BCUT2D eigenvalue weighted by Crippen LogP contribution is -2.52. The lowest BCUT2D eigenvalue weighted by Gasteiger charge is -2.38. The highest BCUT2D eigenvalue weighted by atomic mass is 16.5. The van der Waals surface area contributed by atoms with Gasteiger partial charge in [-0.3, -0.25) is 9.69 Å². The summed E-state index contributed by atoms with van der Waals surface area (Å²) in [7, 11) is 1.67. The van der Waals surface area contributed by atoms with Crippen LogP contribution in [-0.4, -0.2) is 56.7 Å². The summed E-state index contributed by atoms with van der Waals surface area (Å²) in [6.45, 7) is 7.92. The first-order valence-electron chi connectivity index (χ1n) is 9.78. The van der Waals surface area contributed by atoms with Crippen LogP contribution in [0.15, 0.2) is 48.5 Å². The minimum absolute atomic E-state index is 0.00921. The summed E-state index contributed by atoms with van der Waals surface area (Å²) in [6.07, 6.45) is 0. The van der Waals surface area contributed by atoms with E-state index in [9.17, 15) is 4.79 Å². The minimum Gasteiger partial charge on any atom is -0.497 e. The number of carbonyl (C=O) groups is 1. The number of benzene rings is 2. The predicted octanol–water partition coefficient (Wildman–Crippen LogP) is 3.24. The van der Waals surface area contributed by atoms with E-state index >= 15 is 0 Å². The molecule has 0 aliphatic carbocycles. The van der Waals surface area contributed by atoms with Crippen molar-refractivity contribution in [3.05, 3.63) is 48.5 Å². The molecule has 0 unspecified atom stereocenters. The maximum atomic E-state index is 12.8. The van der Waals surface area contributed by atoms with E-state index in [-0.39, 0.29) is 11.9 Å². The van der Waals surface area contributed by atoms with Crippen LogP contribution in [0.1, 0.15) is 13.8 Å². The Kier molecular flexibility index (Phi) is 6.76. The molecular weight excluding hydrogens is 354 g/mol. The Labute approximate surface area is 167 Å². The zero-order chi connectivity index (χ0) is 19.9. The van der Waals surface area contributed by atoms with Gasteiger partial charge in [-0.2, -0.15) is 0 Å². The van der Waals surface area contributed by atoms with Crippen molar-refractivity contribution < 1.29 is 14.3 Å². The second kappa shape index (κ2) is 9.46. The Morgan fingerprint density at radius 3 is 2.39 bits per heavy atom. The average Bonchev–Trinajstić information content (AvgIpc) is 2.75. The van der Waals surface area contributed by atoms with Gasteiger partial charge in [0.2, 0.25) is 5.91 Å². The molecule has 28 heavy (non-hydrogen) atoms. The number of amides is 1. The highest BCUT2D eigenvalue weighted by molar-refractivity contribution is 5.95. The quantitative estimate of drug-likeness (QED) is 0.795. The fraction of sp³-hybridized carbons (Fsp3) is 0.409. The number of hydrogen-bond acceptors (Lipinski definition) is 5. The number of rotatable bonds is 7. The number of anilines is 2. The molecule has 3 rings (SSSR count). The molecule has 1 aliphatic heterocycles. The molecule has 1 saturated heterocycles. The zero-order valence-corrected chi connectivity index (χ0v) is 16.9. The van der Waals surface area contributed by atoms with E-state index in [0.717, 1.165) is 37.6 Å². The van der Waals surface area contributed by atoms with Gasteiger partial charge >= 0.3 is 0 Å². The van der Waals surface area contributed by atoms with E-state index < -0.39 is 0 Å². The van der Waals surface area contributed by atoms with E-state index in [0.29, 0.717) is 12.4 Å². The summed E-state index contributed by atoms with van der Waals surface area (Å²) >= 11 is 0. The molecule has 0 bridgehead atoms. The van der Waals surface area contributed by atoms with E-state index in [4.69, 9.17) is 9.47 Å². The first-order valence-corrected chi connectivity index (χ1v) is 9.78. The van der Waals surface area contributed by atoms with Crippen LogP contribution in [0.25, 0.3) is 0 Å². The lowest BCUT2D eigenvalue weighted by molar-refractivity contribution is -0.120. The average molecular weight is 383 g/mol. The number of nitrogens with one attached hydrogen (secondary N) is 1. The first-order chi connectivity index (χ1) is 13.6. The topological polar surface area (TPSA) is 54.0 Å². The maximum absolute atomic E-state index is 12.8. The second-order valence-corrected chi connectivity index (χ2v) is 6.82. The third-order valence-electron chi connectivity index (χ3n) is 5.12. The first kappa shape index (κ1) is 20.0. The molecule has 6 nitrogen and oxygen atoms in total. The molecule has 1 heterocycles. The molecule has 2 aromatic rings. The van der Waals surface area contributed by atoms with Crippen molar-refractivity contribution in [3.8, 4) is 11.5 Å². The summed E-state index contributed by atoms with van der Waals surface area (Å²) in [5.74, 6) is 1.56. The summed E-state index contributed by atoms with van der Waals surface area (Å²) in [6, 6.07) is 15.5. The van der Waals surface area contributed by atoms with Crippen LogP contribution in [0.4, 0.5) is 11.4 Å². The van der Waals surface area contributed by atoms with Crippen LogP contribution >= 0.6 is 0 Å². The number of carbonyl (C=O) groups excluding carboxylic acids is 1. The van der Waals surface area contributed by atoms with Crippen LogP contribution in [0, 0.1) is 0 Å². The van der Waals surface area contributed by atoms with Gasteiger partial charge in [-0.25, -0.2) is 0 Å². The molecular formula is C22H29N3O3. The van der Waals surface area contributed by atoms with Gasteiger partial charge in [-0.15, -0.1) is 0 Å². The molecule has 6 heteroatoms. The Bertz CT molecular complexity index is 771. The molecule has 1 atom stereocenters. The summed E-state index contributed by atoms with van der Waals surface area (Å²) in [4.78, 5) is 17.3.